The SMILES string of the molecule is CCCCCCC(N)(CCNC(=O)OCCOC(=O)C(C)C)Cc1ccccc1.I. The molecule has 3 N–H and O–H groups in total. The van der Waals surface area contributed by atoms with E-state index >= 15 is 0 Å². The molecule has 0 spiro atoms. The minimum Gasteiger partial charge on any atom is -0.462 e. The van der Waals surface area contributed by atoms with Crippen molar-refractivity contribution in [2.45, 2.75) is 71.3 Å². The fourth-order valence-electron chi connectivity index (χ4n) is 3.12. The van der Waals surface area contributed by atoms with E-state index in [1.54, 1.807) is 13.8 Å². The van der Waals surface area contributed by atoms with Crippen LogP contribution in [0, 0.1) is 5.92 Å². The van der Waals surface area contributed by atoms with E-state index in [4.69, 9.17) is 15.2 Å². The number of amides is 1. The first-order valence-corrected chi connectivity index (χ1v) is 10.8. The second-order valence-corrected chi connectivity index (χ2v) is 7.97. The summed E-state index contributed by atoms with van der Waals surface area (Å²) in [5.74, 6) is -0.491. The van der Waals surface area contributed by atoms with Crippen LogP contribution in [0.15, 0.2) is 30.3 Å². The van der Waals surface area contributed by atoms with Gasteiger partial charge in [0.15, 0.2) is 0 Å². The molecule has 1 atom stereocenters. The van der Waals surface area contributed by atoms with Crippen LogP contribution in [0.25, 0.3) is 0 Å². The van der Waals surface area contributed by atoms with Gasteiger partial charge in [-0.2, -0.15) is 0 Å². The van der Waals surface area contributed by atoms with Crippen molar-refractivity contribution in [1.29, 1.82) is 0 Å². The lowest BCUT2D eigenvalue weighted by atomic mass is 9.83. The number of hydrogen-bond donors (Lipinski definition) is 2. The Hall–Kier alpha value is -1.35. The van der Waals surface area contributed by atoms with Crippen LogP contribution in [-0.2, 0) is 20.7 Å². The van der Waals surface area contributed by atoms with Crippen molar-refractivity contribution in [2.24, 2.45) is 11.7 Å². The molecule has 0 aromatic heterocycles. The molecule has 1 aromatic carbocycles. The van der Waals surface area contributed by atoms with Crippen molar-refractivity contribution in [3.05, 3.63) is 35.9 Å². The average molecular weight is 534 g/mol. The third-order valence-electron chi connectivity index (χ3n) is 4.85. The molecule has 0 aliphatic carbocycles. The summed E-state index contributed by atoms with van der Waals surface area (Å²) in [4.78, 5) is 23.2. The molecular formula is C23H39IN2O4. The van der Waals surface area contributed by atoms with Crippen molar-refractivity contribution in [2.75, 3.05) is 19.8 Å². The van der Waals surface area contributed by atoms with E-state index in [9.17, 15) is 9.59 Å². The molecular weight excluding hydrogens is 495 g/mol. The maximum Gasteiger partial charge on any atom is 0.407 e. The van der Waals surface area contributed by atoms with E-state index in [0.717, 1.165) is 19.3 Å². The van der Waals surface area contributed by atoms with Gasteiger partial charge in [-0.15, -0.1) is 24.0 Å². The van der Waals surface area contributed by atoms with Gasteiger partial charge in [-0.3, -0.25) is 4.79 Å². The number of hydrogen-bond acceptors (Lipinski definition) is 5. The summed E-state index contributed by atoms with van der Waals surface area (Å²) in [5.41, 5.74) is 7.57. The van der Waals surface area contributed by atoms with Crippen LogP contribution in [0.3, 0.4) is 0 Å². The third kappa shape index (κ3) is 13.1. The number of esters is 1. The molecule has 1 aromatic rings. The number of nitrogens with two attached hydrogens (primary N) is 1. The second-order valence-electron chi connectivity index (χ2n) is 7.97. The summed E-state index contributed by atoms with van der Waals surface area (Å²) < 4.78 is 10.0. The molecule has 1 rings (SSSR count). The average Bonchev–Trinajstić information content (AvgIpc) is 2.69. The van der Waals surface area contributed by atoms with Crippen molar-refractivity contribution in [3.63, 3.8) is 0 Å². The van der Waals surface area contributed by atoms with E-state index in [1.807, 2.05) is 18.2 Å². The van der Waals surface area contributed by atoms with Crippen molar-refractivity contribution < 1.29 is 19.1 Å². The quantitative estimate of drug-likeness (QED) is 0.203. The topological polar surface area (TPSA) is 90.7 Å². The van der Waals surface area contributed by atoms with Crippen LogP contribution in [-0.4, -0.2) is 37.4 Å². The normalized spacial score (nSPS) is 12.6. The molecule has 172 valence electrons. The smallest absolute Gasteiger partial charge is 0.407 e. The summed E-state index contributed by atoms with van der Waals surface area (Å²) in [6.07, 6.45) is 6.52. The van der Waals surface area contributed by atoms with Gasteiger partial charge in [-0.05, 0) is 24.8 Å². The Morgan fingerprint density at radius 3 is 2.33 bits per heavy atom. The zero-order chi connectivity index (χ0) is 21.5. The minimum absolute atomic E-state index is 0. The highest BCUT2D eigenvalue weighted by Gasteiger charge is 2.25. The molecule has 1 unspecified atom stereocenters. The summed E-state index contributed by atoms with van der Waals surface area (Å²) in [6, 6.07) is 10.2. The van der Waals surface area contributed by atoms with Crippen LogP contribution in [0.1, 0.15) is 64.9 Å². The Balaban J connectivity index is 0.00000841. The molecule has 0 saturated heterocycles. The molecule has 0 fully saturated rings. The van der Waals surface area contributed by atoms with Gasteiger partial charge in [-0.25, -0.2) is 4.79 Å². The Kier molecular flexibility index (Phi) is 15.6. The maximum absolute atomic E-state index is 11.9. The van der Waals surface area contributed by atoms with Gasteiger partial charge >= 0.3 is 12.1 Å². The number of unbranched alkanes of at least 4 members (excludes halogenated alkanes) is 3. The number of benzene rings is 1. The first kappa shape index (κ1) is 28.6. The summed E-state index contributed by atoms with van der Waals surface area (Å²) in [7, 11) is 0. The molecule has 0 aliphatic heterocycles. The van der Waals surface area contributed by atoms with E-state index in [-0.39, 0.29) is 54.6 Å². The molecule has 7 heteroatoms. The van der Waals surface area contributed by atoms with Gasteiger partial charge < -0.3 is 20.5 Å². The summed E-state index contributed by atoms with van der Waals surface area (Å²) >= 11 is 0. The molecule has 0 bridgehead atoms. The number of alkyl carbamates (subject to hydrolysis) is 1. The lowest BCUT2D eigenvalue weighted by molar-refractivity contribution is -0.148. The van der Waals surface area contributed by atoms with Gasteiger partial charge in [0.2, 0.25) is 0 Å². The number of rotatable bonds is 14. The largest absolute Gasteiger partial charge is 0.462 e. The van der Waals surface area contributed by atoms with Crippen LogP contribution in [0.5, 0.6) is 0 Å². The number of ether oxygens (including phenoxy) is 2. The monoisotopic (exact) mass is 534 g/mol. The molecule has 6 nitrogen and oxygen atoms in total. The summed E-state index contributed by atoms with van der Waals surface area (Å²) in [5, 5.41) is 2.75. The Morgan fingerprint density at radius 2 is 1.70 bits per heavy atom. The fraction of sp³-hybridized carbons (Fsp3) is 0.652. The lowest BCUT2D eigenvalue weighted by Crippen LogP contribution is -2.45. The minimum atomic E-state index is -0.515. The highest BCUT2D eigenvalue weighted by atomic mass is 127. The standard InChI is InChI=1S/C23H38N2O4.HI/c1-4-5-6-10-13-23(24,18-20-11-8-7-9-12-20)14-15-25-22(27)29-17-16-28-21(26)19(2)3;/h7-9,11-12,19H,4-6,10,13-18,24H2,1-3H3,(H,25,27);1H. The number of nitrogens with one attached hydrogen (secondary N) is 1. The van der Waals surface area contributed by atoms with Crippen LogP contribution < -0.4 is 11.1 Å². The summed E-state index contributed by atoms with van der Waals surface area (Å²) in [6.45, 7) is 6.26. The molecule has 0 radical (unpaired) electrons. The maximum atomic E-state index is 11.9. The number of carbonyl (C=O) groups is 2. The van der Waals surface area contributed by atoms with Gasteiger partial charge in [0, 0.05) is 12.1 Å². The zero-order valence-corrected chi connectivity index (χ0v) is 21.0. The Morgan fingerprint density at radius 1 is 1.03 bits per heavy atom. The predicted molar refractivity (Wildman–Crippen MR) is 131 cm³/mol. The molecule has 0 aliphatic rings. The highest BCUT2D eigenvalue weighted by Crippen LogP contribution is 2.22. The van der Waals surface area contributed by atoms with E-state index in [1.165, 1.54) is 24.8 Å². The Labute approximate surface area is 198 Å². The molecule has 0 saturated carbocycles. The van der Waals surface area contributed by atoms with E-state index < -0.39 is 6.09 Å². The lowest BCUT2D eigenvalue weighted by Gasteiger charge is -2.30. The van der Waals surface area contributed by atoms with Crippen molar-refractivity contribution in [3.8, 4) is 0 Å². The number of halogens is 1. The van der Waals surface area contributed by atoms with Gasteiger partial charge in [0.05, 0.1) is 5.92 Å². The molecule has 30 heavy (non-hydrogen) atoms. The van der Waals surface area contributed by atoms with Crippen molar-refractivity contribution in [1.82, 2.24) is 5.32 Å². The van der Waals surface area contributed by atoms with Gasteiger partial charge in [0.1, 0.15) is 13.2 Å². The van der Waals surface area contributed by atoms with Crippen LogP contribution >= 0.6 is 24.0 Å². The third-order valence-corrected chi connectivity index (χ3v) is 4.85. The van der Waals surface area contributed by atoms with E-state index in [2.05, 4.69) is 24.4 Å². The van der Waals surface area contributed by atoms with Gasteiger partial charge in [-0.1, -0.05) is 76.8 Å². The second kappa shape index (κ2) is 16.4. The first-order chi connectivity index (χ1) is 13.9. The fourth-order valence-corrected chi connectivity index (χ4v) is 3.12. The molecule has 0 heterocycles. The predicted octanol–water partition coefficient (Wildman–Crippen LogP) is 4.83. The molecule has 1 amide bonds. The van der Waals surface area contributed by atoms with Crippen molar-refractivity contribution >= 4 is 36.0 Å². The van der Waals surface area contributed by atoms with E-state index in [0.29, 0.717) is 13.0 Å². The van der Waals surface area contributed by atoms with Crippen LogP contribution in [0.2, 0.25) is 0 Å². The Bertz CT molecular complexity index is 598. The highest BCUT2D eigenvalue weighted by molar-refractivity contribution is 14.0. The van der Waals surface area contributed by atoms with Gasteiger partial charge in [0.25, 0.3) is 0 Å². The van der Waals surface area contributed by atoms with Crippen LogP contribution in [0.4, 0.5) is 4.79 Å². The zero-order valence-electron chi connectivity index (χ0n) is 18.7. The first-order valence-electron chi connectivity index (χ1n) is 10.8. The number of carbonyl (C=O) groups excluding carboxylic acids is 2.